The molecular weight excluding hydrogens is 375 g/mol. The van der Waals surface area contributed by atoms with Crippen LogP contribution in [0.4, 0.5) is 22.0 Å². The molecule has 2 aromatic rings. The summed E-state index contributed by atoms with van der Waals surface area (Å²) in [7, 11) is 0. The van der Waals surface area contributed by atoms with E-state index in [4.69, 9.17) is 11.6 Å². The summed E-state index contributed by atoms with van der Waals surface area (Å²) in [5.41, 5.74) is 0.672. The van der Waals surface area contributed by atoms with E-state index < -0.39 is 23.7 Å². The molecule has 140 valence electrons. The normalized spacial score (nSPS) is 21.0. The number of hydrogen-bond donors (Lipinski definition) is 0. The van der Waals surface area contributed by atoms with Gasteiger partial charge in [-0.05, 0) is 56.2 Å². The van der Waals surface area contributed by atoms with E-state index in [9.17, 15) is 22.0 Å². The Hall–Kier alpha value is -1.76. The van der Waals surface area contributed by atoms with Crippen molar-refractivity contribution >= 4 is 11.6 Å². The molecule has 0 atom stereocenters. The van der Waals surface area contributed by atoms with Gasteiger partial charge in [-0.2, -0.15) is 18.3 Å². The highest BCUT2D eigenvalue weighted by molar-refractivity contribution is 6.32. The lowest BCUT2D eigenvalue weighted by Gasteiger charge is -2.31. The fourth-order valence-electron chi connectivity index (χ4n) is 3.70. The van der Waals surface area contributed by atoms with E-state index in [0.717, 1.165) is 12.1 Å². The monoisotopic (exact) mass is 390 g/mol. The number of halogens is 6. The van der Waals surface area contributed by atoms with Gasteiger partial charge in [0, 0.05) is 5.56 Å². The Labute approximate surface area is 152 Å². The second-order valence-electron chi connectivity index (χ2n) is 6.55. The maximum Gasteiger partial charge on any atom is 0.391 e. The van der Waals surface area contributed by atoms with Crippen LogP contribution in [0.2, 0.25) is 5.15 Å². The summed E-state index contributed by atoms with van der Waals surface area (Å²) in [5.74, 6) is -3.26. The molecule has 26 heavy (non-hydrogen) atoms. The van der Waals surface area contributed by atoms with Crippen LogP contribution in [-0.4, -0.2) is 16.4 Å². The molecule has 1 aliphatic carbocycles. The first-order chi connectivity index (χ1) is 12.2. The first-order valence-electron chi connectivity index (χ1n) is 8.24. The van der Waals surface area contributed by atoms with E-state index in [0.29, 0.717) is 11.3 Å². The second-order valence-corrected chi connectivity index (χ2v) is 6.91. The van der Waals surface area contributed by atoms with Crippen LogP contribution in [0.1, 0.15) is 42.9 Å². The summed E-state index contributed by atoms with van der Waals surface area (Å²) in [4.78, 5) is 0. The summed E-state index contributed by atoms with van der Waals surface area (Å²) >= 11 is 6.11. The van der Waals surface area contributed by atoms with E-state index in [1.165, 1.54) is 6.07 Å². The van der Waals surface area contributed by atoms with Gasteiger partial charge in [0.05, 0.1) is 17.2 Å². The van der Waals surface area contributed by atoms with Crippen LogP contribution < -0.4 is 0 Å². The van der Waals surface area contributed by atoms with Crippen molar-refractivity contribution in [3.63, 3.8) is 0 Å². The van der Waals surface area contributed by atoms with Gasteiger partial charge in [-0.3, -0.25) is 0 Å². The molecule has 0 saturated heterocycles. The maximum absolute atomic E-state index is 14.3. The lowest BCUT2D eigenvalue weighted by atomic mass is 9.76. The maximum atomic E-state index is 14.3. The van der Waals surface area contributed by atoms with Gasteiger partial charge in [0.25, 0.3) is 0 Å². The Morgan fingerprint density at radius 2 is 1.54 bits per heavy atom. The SMILES string of the molecule is Cc1nnc(Cl)c(-c2c(F)cccc2F)c1C1CCC(C(F)(F)F)CC1. The van der Waals surface area contributed by atoms with Crippen molar-refractivity contribution in [3.8, 4) is 11.1 Å². The molecule has 1 heterocycles. The van der Waals surface area contributed by atoms with Crippen molar-refractivity contribution < 1.29 is 22.0 Å². The predicted octanol–water partition coefficient (Wildman–Crippen LogP) is 6.22. The smallest absolute Gasteiger partial charge is 0.206 e. The molecule has 0 amide bonds. The molecule has 0 N–H and O–H groups in total. The molecule has 3 rings (SSSR count). The van der Waals surface area contributed by atoms with Crippen LogP contribution >= 0.6 is 11.6 Å². The zero-order valence-electron chi connectivity index (χ0n) is 13.9. The largest absolute Gasteiger partial charge is 0.391 e. The lowest BCUT2D eigenvalue weighted by Crippen LogP contribution is -2.27. The molecule has 2 nitrogen and oxygen atoms in total. The Kier molecular flexibility index (Phi) is 5.19. The van der Waals surface area contributed by atoms with Gasteiger partial charge >= 0.3 is 6.18 Å². The molecule has 1 saturated carbocycles. The van der Waals surface area contributed by atoms with Crippen molar-refractivity contribution in [3.05, 3.63) is 46.2 Å². The summed E-state index contributed by atoms with van der Waals surface area (Å²) in [6, 6.07) is 3.45. The molecule has 1 aliphatic rings. The minimum atomic E-state index is -4.23. The average molecular weight is 391 g/mol. The van der Waals surface area contributed by atoms with E-state index in [-0.39, 0.29) is 47.9 Å². The summed E-state index contributed by atoms with van der Waals surface area (Å²) < 4.78 is 67.4. The molecule has 0 radical (unpaired) electrons. The van der Waals surface area contributed by atoms with Gasteiger partial charge in [0.15, 0.2) is 5.15 Å². The predicted molar refractivity (Wildman–Crippen MR) is 87.9 cm³/mol. The molecule has 8 heteroatoms. The topological polar surface area (TPSA) is 25.8 Å². The number of rotatable bonds is 2. The first-order valence-corrected chi connectivity index (χ1v) is 8.61. The highest BCUT2D eigenvalue weighted by Gasteiger charge is 2.42. The number of alkyl halides is 3. The number of nitrogens with zero attached hydrogens (tertiary/aromatic N) is 2. The first kappa shape index (κ1) is 19.0. The Morgan fingerprint density at radius 1 is 0.962 bits per heavy atom. The van der Waals surface area contributed by atoms with Crippen molar-refractivity contribution in [2.24, 2.45) is 5.92 Å². The quantitative estimate of drug-likeness (QED) is 0.569. The summed E-state index contributed by atoms with van der Waals surface area (Å²) in [5, 5.41) is 7.51. The van der Waals surface area contributed by atoms with Crippen LogP contribution in [0.5, 0.6) is 0 Å². The van der Waals surface area contributed by atoms with Crippen LogP contribution in [0.25, 0.3) is 11.1 Å². The number of aromatic nitrogens is 2. The van der Waals surface area contributed by atoms with Crippen LogP contribution in [0, 0.1) is 24.5 Å². The Morgan fingerprint density at radius 3 is 2.08 bits per heavy atom. The van der Waals surface area contributed by atoms with Crippen molar-refractivity contribution in [2.45, 2.75) is 44.7 Å². The number of hydrogen-bond acceptors (Lipinski definition) is 2. The van der Waals surface area contributed by atoms with E-state index in [2.05, 4.69) is 10.2 Å². The summed E-state index contributed by atoms with van der Waals surface area (Å²) in [6.07, 6.45) is -3.81. The third-order valence-corrected chi connectivity index (χ3v) is 5.23. The zero-order valence-corrected chi connectivity index (χ0v) is 14.6. The number of benzene rings is 1. The van der Waals surface area contributed by atoms with E-state index in [1.54, 1.807) is 6.92 Å². The minimum absolute atomic E-state index is 0.0350. The molecular formula is C18H16ClF5N2. The fourth-order valence-corrected chi connectivity index (χ4v) is 3.93. The van der Waals surface area contributed by atoms with Gasteiger partial charge in [-0.25, -0.2) is 8.78 Å². The fraction of sp³-hybridized carbons (Fsp3) is 0.444. The molecule has 0 aliphatic heterocycles. The van der Waals surface area contributed by atoms with E-state index in [1.807, 2.05) is 0 Å². The van der Waals surface area contributed by atoms with Crippen LogP contribution in [0.15, 0.2) is 18.2 Å². The molecule has 1 aromatic heterocycles. The Bertz CT molecular complexity index is 794. The summed E-state index contributed by atoms with van der Waals surface area (Å²) in [6.45, 7) is 1.62. The number of aryl methyl sites for hydroxylation is 1. The molecule has 1 aromatic carbocycles. The minimum Gasteiger partial charge on any atom is -0.206 e. The highest BCUT2D eigenvalue weighted by atomic mass is 35.5. The Balaban J connectivity index is 2.05. The van der Waals surface area contributed by atoms with Gasteiger partial charge in [0.2, 0.25) is 0 Å². The second kappa shape index (κ2) is 7.10. The van der Waals surface area contributed by atoms with Gasteiger partial charge < -0.3 is 0 Å². The molecule has 0 spiro atoms. The van der Waals surface area contributed by atoms with Gasteiger partial charge in [0.1, 0.15) is 11.6 Å². The third-order valence-electron chi connectivity index (χ3n) is 4.96. The molecule has 0 bridgehead atoms. The molecule has 1 fully saturated rings. The van der Waals surface area contributed by atoms with Gasteiger partial charge in [-0.15, -0.1) is 5.10 Å². The third kappa shape index (κ3) is 3.54. The standard InChI is InChI=1S/C18H16ClF5N2/c1-9-14(10-5-7-11(8-6-10)18(22,23)24)16(17(19)26-25-9)15-12(20)3-2-4-13(15)21/h2-4,10-11H,5-8H2,1H3. The molecule has 0 unspecified atom stereocenters. The highest BCUT2D eigenvalue weighted by Crippen LogP contribution is 2.47. The van der Waals surface area contributed by atoms with Crippen molar-refractivity contribution in [2.75, 3.05) is 0 Å². The van der Waals surface area contributed by atoms with Crippen molar-refractivity contribution in [1.29, 1.82) is 0 Å². The lowest BCUT2D eigenvalue weighted by molar-refractivity contribution is -0.182. The van der Waals surface area contributed by atoms with Crippen LogP contribution in [-0.2, 0) is 0 Å². The zero-order chi connectivity index (χ0) is 19.1. The van der Waals surface area contributed by atoms with Crippen molar-refractivity contribution in [1.82, 2.24) is 10.2 Å². The van der Waals surface area contributed by atoms with Crippen LogP contribution in [0.3, 0.4) is 0 Å². The van der Waals surface area contributed by atoms with E-state index >= 15 is 0 Å². The average Bonchev–Trinajstić information content (AvgIpc) is 2.57. The van der Waals surface area contributed by atoms with Gasteiger partial charge in [-0.1, -0.05) is 17.7 Å².